The van der Waals surface area contributed by atoms with Crippen LogP contribution in [0.5, 0.6) is 5.75 Å². The third-order valence-electron chi connectivity index (χ3n) is 6.73. The lowest BCUT2D eigenvalue weighted by molar-refractivity contribution is 0.00578. The van der Waals surface area contributed by atoms with Crippen molar-refractivity contribution in [3.05, 3.63) is 29.8 Å². The summed E-state index contributed by atoms with van der Waals surface area (Å²) in [6.45, 7) is 22.0. The molecule has 0 aliphatic carbocycles. The molecule has 27 heavy (non-hydrogen) atoms. The second-order valence-electron chi connectivity index (χ2n) is 10.6. The molecule has 1 aromatic rings. The van der Waals surface area contributed by atoms with E-state index in [1.54, 1.807) is 0 Å². The van der Waals surface area contributed by atoms with Crippen LogP contribution in [-0.2, 0) is 15.7 Å². The Hall–Kier alpha value is -0.778. The van der Waals surface area contributed by atoms with Crippen molar-refractivity contribution in [2.24, 2.45) is 0 Å². The van der Waals surface area contributed by atoms with Gasteiger partial charge in [-0.2, -0.15) is 0 Å². The quantitative estimate of drug-likeness (QED) is 0.520. The van der Waals surface area contributed by atoms with E-state index < -0.39 is 8.32 Å². The Labute approximate surface area is 168 Å². The van der Waals surface area contributed by atoms with E-state index in [0.29, 0.717) is 5.82 Å². The molecule has 1 aromatic carbocycles. The third-order valence-corrected chi connectivity index (χ3v) is 11.1. The van der Waals surface area contributed by atoms with Crippen LogP contribution in [0, 0.1) is 0 Å². The maximum atomic E-state index is 6.37. The van der Waals surface area contributed by atoms with E-state index in [1.807, 2.05) is 0 Å². The Balaban J connectivity index is 1.90. The van der Waals surface area contributed by atoms with Crippen LogP contribution >= 0.6 is 0 Å². The first-order valence-corrected chi connectivity index (χ1v) is 13.2. The van der Waals surface area contributed by atoms with Gasteiger partial charge in [-0.05, 0) is 82.2 Å². The second-order valence-corrected chi connectivity index (χ2v) is 15.4. The average Bonchev–Trinajstić information content (AvgIpc) is 2.73. The fourth-order valence-corrected chi connectivity index (χ4v) is 3.85. The highest BCUT2D eigenvalue weighted by Gasteiger charge is 2.52. The predicted molar refractivity (Wildman–Crippen MR) is 118 cm³/mol. The first kappa shape index (κ1) is 22.5. The minimum atomic E-state index is -1.78. The van der Waals surface area contributed by atoms with Gasteiger partial charge in [-0.25, -0.2) is 0 Å². The van der Waals surface area contributed by atoms with Gasteiger partial charge in [0.15, 0.2) is 0 Å². The molecular weight excluding hydrogens is 351 g/mol. The molecule has 1 saturated heterocycles. The highest BCUT2D eigenvalue weighted by Crippen LogP contribution is 2.41. The van der Waals surface area contributed by atoms with Gasteiger partial charge in [0, 0.05) is 0 Å². The van der Waals surface area contributed by atoms with E-state index in [-0.39, 0.29) is 23.4 Å². The fourth-order valence-electron chi connectivity index (χ4n) is 2.82. The summed E-state index contributed by atoms with van der Waals surface area (Å²) in [6, 6.07) is 8.63. The first-order valence-electron chi connectivity index (χ1n) is 10.3. The maximum absolute atomic E-state index is 6.37. The molecular formula is C22H39BO3Si. The molecule has 0 bridgehead atoms. The molecule has 0 N–H and O–H groups in total. The summed E-state index contributed by atoms with van der Waals surface area (Å²) in [4.78, 5) is 0. The van der Waals surface area contributed by atoms with Gasteiger partial charge >= 0.3 is 7.12 Å². The lowest BCUT2D eigenvalue weighted by atomic mass is 9.70. The van der Waals surface area contributed by atoms with Gasteiger partial charge in [-0.15, -0.1) is 0 Å². The van der Waals surface area contributed by atoms with Crippen LogP contribution in [0.1, 0.15) is 67.4 Å². The molecule has 1 heterocycles. The van der Waals surface area contributed by atoms with Gasteiger partial charge < -0.3 is 13.7 Å². The molecule has 3 nitrogen and oxygen atoms in total. The molecule has 0 spiro atoms. The molecule has 2 rings (SSSR count). The number of hydrogen-bond donors (Lipinski definition) is 0. The van der Waals surface area contributed by atoms with Crippen molar-refractivity contribution in [2.45, 2.75) is 103 Å². The zero-order chi connectivity index (χ0) is 20.7. The van der Waals surface area contributed by atoms with Crippen molar-refractivity contribution < 1.29 is 13.7 Å². The molecule has 1 atom stereocenters. The van der Waals surface area contributed by atoms with Gasteiger partial charge in [-0.3, -0.25) is 0 Å². The van der Waals surface area contributed by atoms with E-state index in [2.05, 4.69) is 92.7 Å². The highest BCUT2D eigenvalue weighted by atomic mass is 28.4. The minimum Gasteiger partial charge on any atom is -0.544 e. The summed E-state index contributed by atoms with van der Waals surface area (Å²) in [5, 5.41) is 0.212. The summed E-state index contributed by atoms with van der Waals surface area (Å²) in [5.74, 6) is 1.35. The molecule has 5 heteroatoms. The van der Waals surface area contributed by atoms with Gasteiger partial charge in [0.2, 0.25) is 8.32 Å². The molecule has 0 radical (unpaired) electrons. The van der Waals surface area contributed by atoms with E-state index in [9.17, 15) is 0 Å². The van der Waals surface area contributed by atoms with E-state index >= 15 is 0 Å². The SMILES string of the molecule is CC(CCc1ccc(O[Si](C)(C)C(C)(C)C)cc1)B1OC(C)(C)C(C)(C)O1. The van der Waals surface area contributed by atoms with Crippen molar-refractivity contribution in [2.75, 3.05) is 0 Å². The average molecular weight is 390 g/mol. The molecule has 0 amide bonds. The molecule has 1 aliphatic rings. The molecule has 1 aliphatic heterocycles. The van der Waals surface area contributed by atoms with Crippen molar-refractivity contribution in [3.63, 3.8) is 0 Å². The van der Waals surface area contributed by atoms with Crippen molar-refractivity contribution in [1.29, 1.82) is 0 Å². The monoisotopic (exact) mass is 390 g/mol. The van der Waals surface area contributed by atoms with Gasteiger partial charge in [-0.1, -0.05) is 39.8 Å². The zero-order valence-corrected chi connectivity index (χ0v) is 20.1. The van der Waals surface area contributed by atoms with E-state index in [4.69, 9.17) is 13.7 Å². The summed E-state index contributed by atoms with van der Waals surface area (Å²) in [5.41, 5.74) is 0.824. The predicted octanol–water partition coefficient (Wildman–Crippen LogP) is 6.49. The minimum absolute atomic E-state index is 0.129. The van der Waals surface area contributed by atoms with Gasteiger partial charge in [0.25, 0.3) is 0 Å². The highest BCUT2D eigenvalue weighted by molar-refractivity contribution is 6.74. The fraction of sp³-hybridized carbons (Fsp3) is 0.727. The Morgan fingerprint density at radius 1 is 1.00 bits per heavy atom. The normalized spacial score (nSPS) is 20.6. The van der Waals surface area contributed by atoms with Crippen LogP contribution < -0.4 is 4.43 Å². The first-order chi connectivity index (χ1) is 12.1. The smallest absolute Gasteiger partial charge is 0.460 e. The van der Waals surface area contributed by atoms with Crippen LogP contribution in [0.15, 0.2) is 24.3 Å². The number of benzene rings is 1. The van der Waals surface area contributed by atoms with Gasteiger partial charge in [0.1, 0.15) is 5.75 Å². The standard InChI is InChI=1S/C22H39BO3Si/c1-17(23-25-21(5,6)22(7,8)26-23)11-12-18-13-15-19(16-14-18)24-27(9,10)20(2,3)4/h13-17H,11-12H2,1-10H3. The lowest BCUT2D eigenvalue weighted by Crippen LogP contribution is -2.43. The maximum Gasteiger partial charge on any atom is 0.460 e. The Morgan fingerprint density at radius 3 is 1.93 bits per heavy atom. The number of rotatable bonds is 6. The number of hydrogen-bond acceptors (Lipinski definition) is 3. The molecule has 1 unspecified atom stereocenters. The molecule has 0 saturated carbocycles. The topological polar surface area (TPSA) is 27.7 Å². The zero-order valence-electron chi connectivity index (χ0n) is 19.1. The second kappa shape index (κ2) is 7.57. The van der Waals surface area contributed by atoms with Crippen LogP contribution in [0.2, 0.25) is 23.9 Å². The van der Waals surface area contributed by atoms with Crippen molar-refractivity contribution in [3.8, 4) is 5.75 Å². The van der Waals surface area contributed by atoms with Crippen molar-refractivity contribution in [1.82, 2.24) is 0 Å². The molecule has 152 valence electrons. The summed E-state index contributed by atoms with van der Waals surface area (Å²) in [7, 11) is -1.91. The Kier molecular flexibility index (Phi) is 6.31. The Bertz CT molecular complexity index is 616. The van der Waals surface area contributed by atoms with E-state index in [1.165, 1.54) is 5.56 Å². The van der Waals surface area contributed by atoms with Crippen LogP contribution in [0.3, 0.4) is 0 Å². The largest absolute Gasteiger partial charge is 0.544 e. The van der Waals surface area contributed by atoms with Gasteiger partial charge in [0.05, 0.1) is 11.2 Å². The number of aryl methyl sites for hydroxylation is 1. The molecule has 0 aromatic heterocycles. The lowest BCUT2D eigenvalue weighted by Gasteiger charge is -2.36. The van der Waals surface area contributed by atoms with E-state index in [0.717, 1.165) is 18.6 Å². The Morgan fingerprint density at radius 2 is 1.48 bits per heavy atom. The van der Waals surface area contributed by atoms with Crippen LogP contribution in [0.25, 0.3) is 0 Å². The van der Waals surface area contributed by atoms with Crippen molar-refractivity contribution >= 4 is 15.4 Å². The van der Waals surface area contributed by atoms with Crippen LogP contribution in [-0.4, -0.2) is 26.6 Å². The van der Waals surface area contributed by atoms with Crippen LogP contribution in [0.4, 0.5) is 0 Å². The summed E-state index contributed by atoms with van der Waals surface area (Å²) in [6.07, 6.45) is 2.06. The summed E-state index contributed by atoms with van der Waals surface area (Å²) >= 11 is 0. The third kappa shape index (κ3) is 5.18. The molecule has 1 fully saturated rings. The summed E-state index contributed by atoms with van der Waals surface area (Å²) < 4.78 is 18.7.